The van der Waals surface area contributed by atoms with Crippen molar-refractivity contribution in [3.8, 4) is 0 Å². The minimum atomic E-state index is -0.425. The number of pyridine rings is 1. The van der Waals surface area contributed by atoms with Crippen molar-refractivity contribution in [1.29, 1.82) is 0 Å². The second kappa shape index (κ2) is 6.35. The lowest BCUT2D eigenvalue weighted by molar-refractivity contribution is 0.144. The molecular weight excluding hydrogens is 260 g/mol. The van der Waals surface area contributed by atoms with E-state index in [1.165, 1.54) is 50.6 Å². The SMILES string of the molecule is CC[C@@H](O)c1ccc(N2CCC3(CCCCC3)CC2)cn1. The third-order valence-corrected chi connectivity index (χ3v) is 5.60. The lowest BCUT2D eigenvalue weighted by Gasteiger charge is -2.45. The number of piperidine rings is 1. The average Bonchev–Trinajstić information content (AvgIpc) is 2.56. The first kappa shape index (κ1) is 14.8. The number of hydrogen-bond acceptors (Lipinski definition) is 3. The number of rotatable bonds is 3. The quantitative estimate of drug-likeness (QED) is 0.910. The van der Waals surface area contributed by atoms with Crippen LogP contribution in [0.3, 0.4) is 0 Å². The number of aromatic nitrogens is 1. The maximum Gasteiger partial charge on any atom is 0.0957 e. The maximum atomic E-state index is 9.82. The minimum absolute atomic E-state index is 0.425. The maximum absolute atomic E-state index is 9.82. The van der Waals surface area contributed by atoms with Crippen molar-refractivity contribution in [1.82, 2.24) is 4.98 Å². The van der Waals surface area contributed by atoms with Crippen LogP contribution in [0.2, 0.25) is 0 Å². The Hall–Kier alpha value is -1.09. The highest BCUT2D eigenvalue weighted by Gasteiger charge is 2.35. The highest BCUT2D eigenvalue weighted by atomic mass is 16.3. The van der Waals surface area contributed by atoms with E-state index >= 15 is 0 Å². The Bertz CT molecular complexity index is 441. The Morgan fingerprint density at radius 3 is 2.43 bits per heavy atom. The van der Waals surface area contributed by atoms with Crippen molar-refractivity contribution in [2.75, 3.05) is 18.0 Å². The third-order valence-electron chi connectivity index (χ3n) is 5.60. The highest BCUT2D eigenvalue weighted by molar-refractivity contribution is 5.45. The van der Waals surface area contributed by atoms with E-state index in [2.05, 4.69) is 16.0 Å². The van der Waals surface area contributed by atoms with Crippen molar-refractivity contribution in [2.45, 2.75) is 64.4 Å². The van der Waals surface area contributed by atoms with Crippen LogP contribution in [0.5, 0.6) is 0 Å². The molecule has 1 aromatic rings. The normalized spacial score (nSPS) is 23.2. The zero-order chi connectivity index (χ0) is 14.7. The Balaban J connectivity index is 1.61. The molecule has 1 N–H and O–H groups in total. The monoisotopic (exact) mass is 288 g/mol. The van der Waals surface area contributed by atoms with E-state index < -0.39 is 6.10 Å². The molecule has 116 valence electrons. The minimum Gasteiger partial charge on any atom is -0.387 e. The predicted molar refractivity (Wildman–Crippen MR) is 86.5 cm³/mol. The Morgan fingerprint density at radius 1 is 1.14 bits per heavy atom. The largest absolute Gasteiger partial charge is 0.387 e. The van der Waals surface area contributed by atoms with Gasteiger partial charge in [0.2, 0.25) is 0 Å². The van der Waals surface area contributed by atoms with Gasteiger partial charge >= 0.3 is 0 Å². The molecule has 0 radical (unpaired) electrons. The first-order valence-electron chi connectivity index (χ1n) is 8.61. The Labute approximate surface area is 128 Å². The molecule has 3 rings (SSSR count). The van der Waals surface area contributed by atoms with Crippen LogP contribution in [0.25, 0.3) is 0 Å². The fraction of sp³-hybridized carbons (Fsp3) is 0.722. The van der Waals surface area contributed by atoms with Crippen molar-refractivity contribution >= 4 is 5.69 Å². The molecule has 1 aliphatic carbocycles. The molecule has 0 unspecified atom stereocenters. The van der Waals surface area contributed by atoms with Gasteiger partial charge in [0.05, 0.1) is 23.7 Å². The van der Waals surface area contributed by atoms with E-state index in [1.54, 1.807) is 0 Å². The van der Waals surface area contributed by atoms with E-state index in [0.29, 0.717) is 5.41 Å². The summed E-state index contributed by atoms with van der Waals surface area (Å²) in [4.78, 5) is 6.90. The van der Waals surface area contributed by atoms with Gasteiger partial charge in [-0.15, -0.1) is 0 Å². The molecule has 2 fully saturated rings. The lowest BCUT2D eigenvalue weighted by Crippen LogP contribution is -2.41. The van der Waals surface area contributed by atoms with Crippen LogP contribution in [0, 0.1) is 5.41 Å². The fourth-order valence-electron chi connectivity index (χ4n) is 4.03. The molecular formula is C18H28N2O. The third kappa shape index (κ3) is 3.23. The van der Waals surface area contributed by atoms with Crippen LogP contribution >= 0.6 is 0 Å². The van der Waals surface area contributed by atoms with Gasteiger partial charge in [-0.25, -0.2) is 0 Å². The van der Waals surface area contributed by atoms with E-state index in [4.69, 9.17) is 0 Å². The summed E-state index contributed by atoms with van der Waals surface area (Å²) in [6, 6.07) is 4.11. The van der Waals surface area contributed by atoms with Crippen LogP contribution < -0.4 is 4.90 Å². The van der Waals surface area contributed by atoms with Gasteiger partial charge in [0.1, 0.15) is 0 Å². The first-order valence-corrected chi connectivity index (χ1v) is 8.61. The molecule has 3 nitrogen and oxygen atoms in total. The summed E-state index contributed by atoms with van der Waals surface area (Å²) >= 11 is 0. The van der Waals surface area contributed by atoms with Gasteiger partial charge in [-0.1, -0.05) is 26.2 Å². The van der Waals surface area contributed by atoms with Gasteiger partial charge in [-0.2, -0.15) is 0 Å². The number of nitrogens with zero attached hydrogens (tertiary/aromatic N) is 2. The van der Waals surface area contributed by atoms with Gasteiger partial charge in [0, 0.05) is 13.1 Å². The Morgan fingerprint density at radius 2 is 1.86 bits per heavy atom. The van der Waals surface area contributed by atoms with Gasteiger partial charge in [-0.05, 0) is 49.7 Å². The predicted octanol–water partition coefficient (Wildman–Crippen LogP) is 4.08. The second-order valence-electron chi connectivity index (χ2n) is 6.91. The molecule has 1 saturated heterocycles. The second-order valence-corrected chi connectivity index (χ2v) is 6.91. The van der Waals surface area contributed by atoms with Gasteiger partial charge in [0.25, 0.3) is 0 Å². The molecule has 2 aliphatic rings. The van der Waals surface area contributed by atoms with E-state index in [1.807, 2.05) is 19.2 Å². The topological polar surface area (TPSA) is 36.4 Å². The zero-order valence-electron chi connectivity index (χ0n) is 13.2. The van der Waals surface area contributed by atoms with Gasteiger partial charge < -0.3 is 10.0 Å². The van der Waals surface area contributed by atoms with E-state index in [-0.39, 0.29) is 0 Å². The van der Waals surface area contributed by atoms with Crippen LogP contribution in [0.4, 0.5) is 5.69 Å². The molecule has 1 saturated carbocycles. The summed E-state index contributed by atoms with van der Waals surface area (Å²) in [5.74, 6) is 0. The van der Waals surface area contributed by atoms with Crippen molar-refractivity contribution in [3.05, 3.63) is 24.0 Å². The van der Waals surface area contributed by atoms with Crippen LogP contribution in [0.1, 0.15) is 70.1 Å². The van der Waals surface area contributed by atoms with Crippen molar-refractivity contribution < 1.29 is 5.11 Å². The molecule has 1 spiro atoms. The molecule has 3 heteroatoms. The summed E-state index contributed by atoms with van der Waals surface area (Å²) in [5, 5.41) is 9.82. The molecule has 2 heterocycles. The summed E-state index contributed by atoms with van der Waals surface area (Å²) < 4.78 is 0. The lowest BCUT2D eigenvalue weighted by atomic mass is 9.68. The number of aliphatic hydroxyl groups excluding tert-OH is 1. The average molecular weight is 288 g/mol. The summed E-state index contributed by atoms with van der Waals surface area (Å²) in [6.45, 7) is 4.31. The molecule has 0 amide bonds. The zero-order valence-corrected chi connectivity index (χ0v) is 13.2. The summed E-state index contributed by atoms with van der Waals surface area (Å²) in [5.41, 5.74) is 2.66. The fourth-order valence-corrected chi connectivity index (χ4v) is 4.03. The van der Waals surface area contributed by atoms with Crippen LogP contribution in [-0.2, 0) is 0 Å². The summed E-state index contributed by atoms with van der Waals surface area (Å²) in [7, 11) is 0. The van der Waals surface area contributed by atoms with Gasteiger partial charge in [0.15, 0.2) is 0 Å². The molecule has 1 atom stereocenters. The molecule has 0 bridgehead atoms. The highest BCUT2D eigenvalue weighted by Crippen LogP contribution is 2.45. The van der Waals surface area contributed by atoms with E-state index in [0.717, 1.165) is 25.2 Å². The number of hydrogen-bond donors (Lipinski definition) is 1. The van der Waals surface area contributed by atoms with Crippen molar-refractivity contribution in [2.24, 2.45) is 5.41 Å². The molecule has 1 aromatic heterocycles. The van der Waals surface area contributed by atoms with Crippen molar-refractivity contribution in [3.63, 3.8) is 0 Å². The number of anilines is 1. The van der Waals surface area contributed by atoms with Crippen LogP contribution in [-0.4, -0.2) is 23.2 Å². The molecule has 21 heavy (non-hydrogen) atoms. The standard InChI is InChI=1S/C18H28N2O/c1-2-17(21)16-7-6-15(14-19-16)20-12-10-18(11-13-20)8-4-3-5-9-18/h6-7,14,17,21H,2-5,8-13H2,1H3/t17-/m1/s1. The first-order chi connectivity index (χ1) is 10.2. The number of aliphatic hydroxyl groups is 1. The van der Waals surface area contributed by atoms with Gasteiger partial charge in [-0.3, -0.25) is 4.98 Å². The van der Waals surface area contributed by atoms with E-state index in [9.17, 15) is 5.11 Å². The molecule has 1 aliphatic heterocycles. The summed E-state index contributed by atoms with van der Waals surface area (Å²) in [6.07, 6.45) is 12.1. The van der Waals surface area contributed by atoms with Crippen LogP contribution in [0.15, 0.2) is 18.3 Å². The Kier molecular flexibility index (Phi) is 4.48. The molecule has 0 aromatic carbocycles. The smallest absolute Gasteiger partial charge is 0.0957 e.